The summed E-state index contributed by atoms with van der Waals surface area (Å²) in [6.07, 6.45) is 1.37. The summed E-state index contributed by atoms with van der Waals surface area (Å²) < 4.78 is 26.2. The van der Waals surface area contributed by atoms with Crippen LogP contribution >= 0.6 is 11.6 Å². The second kappa shape index (κ2) is 7.29. The minimum Gasteiger partial charge on any atom is -0.340 e. The molecule has 0 spiro atoms. The third kappa shape index (κ3) is 4.02. The lowest BCUT2D eigenvalue weighted by Gasteiger charge is -2.18. The van der Waals surface area contributed by atoms with E-state index in [-0.39, 0.29) is 4.90 Å². The second-order valence-electron chi connectivity index (χ2n) is 5.05. The standard InChI is InChI=1S/C16H20ClN3O2S/c1-4-20(5-2)23(21,22)14-8-9-16(18-11-14)19-15-10-13(17)7-6-12(15)3/h6-11H,4-5H2,1-3H3,(H,18,19). The minimum absolute atomic E-state index is 0.189. The number of rotatable bonds is 6. The van der Waals surface area contributed by atoms with E-state index in [1.807, 2.05) is 32.9 Å². The average Bonchev–Trinajstić information content (AvgIpc) is 2.52. The van der Waals surface area contributed by atoms with Crippen LogP contribution in [0, 0.1) is 6.92 Å². The van der Waals surface area contributed by atoms with Crippen molar-refractivity contribution in [1.29, 1.82) is 0 Å². The molecule has 0 aliphatic carbocycles. The number of sulfonamides is 1. The van der Waals surface area contributed by atoms with Crippen LogP contribution in [0.15, 0.2) is 41.4 Å². The van der Waals surface area contributed by atoms with E-state index >= 15 is 0 Å². The fourth-order valence-corrected chi connectivity index (χ4v) is 3.76. The maximum atomic E-state index is 12.4. The van der Waals surface area contributed by atoms with E-state index in [9.17, 15) is 8.42 Å². The number of hydrogen-bond acceptors (Lipinski definition) is 4. The van der Waals surface area contributed by atoms with Crippen molar-refractivity contribution in [2.45, 2.75) is 25.7 Å². The molecule has 0 aliphatic heterocycles. The fourth-order valence-electron chi connectivity index (χ4n) is 2.19. The molecule has 7 heteroatoms. The molecule has 23 heavy (non-hydrogen) atoms. The Kier molecular flexibility index (Phi) is 5.62. The minimum atomic E-state index is -3.48. The first-order valence-electron chi connectivity index (χ1n) is 7.37. The number of aromatic nitrogens is 1. The van der Waals surface area contributed by atoms with Gasteiger partial charge in [0.1, 0.15) is 10.7 Å². The highest BCUT2D eigenvalue weighted by Gasteiger charge is 2.21. The number of benzene rings is 1. The van der Waals surface area contributed by atoms with Gasteiger partial charge in [-0.25, -0.2) is 13.4 Å². The maximum Gasteiger partial charge on any atom is 0.244 e. The van der Waals surface area contributed by atoms with Crippen molar-refractivity contribution in [2.24, 2.45) is 0 Å². The summed E-state index contributed by atoms with van der Waals surface area (Å²) in [6.45, 7) is 6.44. The van der Waals surface area contributed by atoms with Gasteiger partial charge in [-0.15, -0.1) is 0 Å². The average molecular weight is 354 g/mol. The van der Waals surface area contributed by atoms with Gasteiger partial charge in [-0.05, 0) is 36.8 Å². The summed E-state index contributed by atoms with van der Waals surface area (Å²) in [5.74, 6) is 0.564. The smallest absolute Gasteiger partial charge is 0.244 e. The normalized spacial score (nSPS) is 11.7. The van der Waals surface area contributed by atoms with Crippen molar-refractivity contribution in [1.82, 2.24) is 9.29 Å². The summed E-state index contributed by atoms with van der Waals surface area (Å²) in [7, 11) is -3.48. The third-order valence-electron chi connectivity index (χ3n) is 3.54. The first-order valence-corrected chi connectivity index (χ1v) is 9.19. The zero-order valence-electron chi connectivity index (χ0n) is 13.4. The Bertz CT molecular complexity index is 772. The molecule has 0 radical (unpaired) electrons. The monoisotopic (exact) mass is 353 g/mol. The molecule has 1 aromatic heterocycles. The summed E-state index contributed by atoms with van der Waals surface area (Å²) in [6, 6.07) is 8.73. The van der Waals surface area contributed by atoms with Gasteiger partial charge in [0, 0.05) is 30.0 Å². The first kappa shape index (κ1) is 17.7. The number of pyridine rings is 1. The number of aryl methyl sites for hydroxylation is 1. The molecule has 1 N–H and O–H groups in total. The third-order valence-corrected chi connectivity index (χ3v) is 5.81. The summed E-state index contributed by atoms with van der Waals surface area (Å²) in [5.41, 5.74) is 1.86. The van der Waals surface area contributed by atoms with Crippen LogP contribution < -0.4 is 5.32 Å². The molecule has 0 fully saturated rings. The fraction of sp³-hybridized carbons (Fsp3) is 0.312. The molecule has 2 rings (SSSR count). The van der Waals surface area contributed by atoms with Crippen LogP contribution in [0.25, 0.3) is 0 Å². The van der Waals surface area contributed by atoms with Gasteiger partial charge in [-0.1, -0.05) is 31.5 Å². The van der Waals surface area contributed by atoms with Crippen LogP contribution in [0.2, 0.25) is 5.02 Å². The van der Waals surface area contributed by atoms with Crippen molar-refractivity contribution in [3.63, 3.8) is 0 Å². The van der Waals surface area contributed by atoms with Gasteiger partial charge in [0.25, 0.3) is 0 Å². The van der Waals surface area contributed by atoms with Crippen LogP contribution in [-0.2, 0) is 10.0 Å². The van der Waals surface area contributed by atoms with E-state index in [0.717, 1.165) is 11.3 Å². The molecule has 0 saturated carbocycles. The molecule has 0 atom stereocenters. The molecule has 0 bridgehead atoms. The van der Waals surface area contributed by atoms with Gasteiger partial charge < -0.3 is 5.32 Å². The highest BCUT2D eigenvalue weighted by molar-refractivity contribution is 7.89. The number of hydrogen-bond donors (Lipinski definition) is 1. The Balaban J connectivity index is 2.24. The van der Waals surface area contributed by atoms with Crippen molar-refractivity contribution < 1.29 is 8.42 Å². The van der Waals surface area contributed by atoms with Crippen LogP contribution in [0.5, 0.6) is 0 Å². The molecule has 0 saturated heterocycles. The van der Waals surface area contributed by atoms with Gasteiger partial charge in [0.2, 0.25) is 10.0 Å². The predicted octanol–water partition coefficient (Wildman–Crippen LogP) is 3.82. The molecular weight excluding hydrogens is 334 g/mol. The van der Waals surface area contributed by atoms with Gasteiger partial charge in [0.05, 0.1) is 0 Å². The largest absolute Gasteiger partial charge is 0.340 e. The molecule has 0 unspecified atom stereocenters. The Hall–Kier alpha value is -1.63. The Morgan fingerprint density at radius 1 is 1.17 bits per heavy atom. The van der Waals surface area contributed by atoms with Crippen molar-refractivity contribution in [2.75, 3.05) is 18.4 Å². The zero-order chi connectivity index (χ0) is 17.0. The van der Waals surface area contributed by atoms with E-state index in [4.69, 9.17) is 11.6 Å². The zero-order valence-corrected chi connectivity index (χ0v) is 14.9. The first-order chi connectivity index (χ1) is 10.9. The summed E-state index contributed by atoms with van der Waals surface area (Å²) in [5, 5.41) is 3.77. The molecule has 0 amide bonds. The van der Waals surface area contributed by atoms with Gasteiger partial charge in [0.15, 0.2) is 0 Å². The van der Waals surface area contributed by atoms with Crippen LogP contribution in [-0.4, -0.2) is 30.8 Å². The van der Waals surface area contributed by atoms with Gasteiger partial charge in [-0.3, -0.25) is 0 Å². The molecule has 124 valence electrons. The lowest BCUT2D eigenvalue weighted by Crippen LogP contribution is -2.30. The maximum absolute atomic E-state index is 12.4. The molecule has 5 nitrogen and oxygen atoms in total. The molecule has 2 aromatic rings. The summed E-state index contributed by atoms with van der Waals surface area (Å²) >= 11 is 5.99. The second-order valence-corrected chi connectivity index (χ2v) is 7.43. The topological polar surface area (TPSA) is 62.3 Å². The molecule has 0 aliphatic rings. The number of nitrogens with zero attached hydrogens (tertiary/aromatic N) is 2. The Morgan fingerprint density at radius 3 is 2.43 bits per heavy atom. The SMILES string of the molecule is CCN(CC)S(=O)(=O)c1ccc(Nc2cc(Cl)ccc2C)nc1. The van der Waals surface area contributed by atoms with E-state index in [2.05, 4.69) is 10.3 Å². The lowest BCUT2D eigenvalue weighted by molar-refractivity contribution is 0.445. The Labute approximate surface area is 142 Å². The van der Waals surface area contributed by atoms with Gasteiger partial charge >= 0.3 is 0 Å². The quantitative estimate of drug-likeness (QED) is 0.857. The summed E-state index contributed by atoms with van der Waals surface area (Å²) in [4.78, 5) is 4.39. The van der Waals surface area contributed by atoms with Crippen molar-refractivity contribution in [3.05, 3.63) is 47.1 Å². The molecule has 1 aromatic carbocycles. The lowest BCUT2D eigenvalue weighted by atomic mass is 10.2. The van der Waals surface area contributed by atoms with Gasteiger partial charge in [-0.2, -0.15) is 4.31 Å². The Morgan fingerprint density at radius 2 is 1.87 bits per heavy atom. The van der Waals surface area contributed by atoms with E-state index in [1.165, 1.54) is 10.5 Å². The van der Waals surface area contributed by atoms with E-state index in [1.54, 1.807) is 18.2 Å². The number of halogens is 1. The van der Waals surface area contributed by atoms with E-state index < -0.39 is 10.0 Å². The predicted molar refractivity (Wildman–Crippen MR) is 93.8 cm³/mol. The number of anilines is 2. The van der Waals surface area contributed by atoms with Crippen LogP contribution in [0.1, 0.15) is 19.4 Å². The molecule has 1 heterocycles. The highest BCUT2D eigenvalue weighted by Crippen LogP contribution is 2.24. The van der Waals surface area contributed by atoms with Crippen molar-refractivity contribution in [3.8, 4) is 0 Å². The number of nitrogens with one attached hydrogen (secondary N) is 1. The van der Waals surface area contributed by atoms with Crippen molar-refractivity contribution >= 4 is 33.1 Å². The highest BCUT2D eigenvalue weighted by atomic mass is 35.5. The van der Waals surface area contributed by atoms with Crippen LogP contribution in [0.3, 0.4) is 0 Å². The van der Waals surface area contributed by atoms with Crippen LogP contribution in [0.4, 0.5) is 11.5 Å². The van der Waals surface area contributed by atoms with E-state index in [0.29, 0.717) is 23.9 Å². The molecular formula is C16H20ClN3O2S.